The van der Waals surface area contributed by atoms with Gasteiger partial charge in [-0.15, -0.1) is 0 Å². The normalized spacial score (nSPS) is 15.1. The van der Waals surface area contributed by atoms with Gasteiger partial charge in [0, 0.05) is 55.9 Å². The molecule has 3 aromatic carbocycles. The summed E-state index contributed by atoms with van der Waals surface area (Å²) in [7, 11) is -1.14. The number of amides is 2. The van der Waals surface area contributed by atoms with Crippen molar-refractivity contribution in [3.8, 4) is 5.75 Å². The van der Waals surface area contributed by atoms with Crippen molar-refractivity contribution in [3.63, 3.8) is 0 Å². The molecule has 0 saturated heterocycles. The molecule has 0 fully saturated rings. The van der Waals surface area contributed by atoms with Crippen molar-refractivity contribution in [3.05, 3.63) is 119 Å². The highest BCUT2D eigenvalue weighted by molar-refractivity contribution is 7.92. The molecule has 286 valence electrons. The van der Waals surface area contributed by atoms with Crippen LogP contribution in [0.4, 0.5) is 18.9 Å². The van der Waals surface area contributed by atoms with E-state index in [1.165, 1.54) is 44.5 Å². The number of hydrogen-bond acceptors (Lipinski definition) is 8. The number of anilines is 1. The molecule has 0 spiro atoms. The summed E-state index contributed by atoms with van der Waals surface area (Å²) >= 11 is 0. The molecule has 0 radical (unpaired) electrons. The molecule has 4 rings (SSSR count). The molecule has 4 atom stereocenters. The Labute approximate surface area is 307 Å². The fourth-order valence-corrected chi connectivity index (χ4v) is 5.94. The first-order chi connectivity index (χ1) is 25.1. The molecule has 2 unspecified atom stereocenters. The van der Waals surface area contributed by atoms with Crippen molar-refractivity contribution in [2.75, 3.05) is 37.9 Å². The molecular formula is C38H44F3N3O8S. The number of aliphatic hydroxyl groups excluding tert-OH is 1. The maximum atomic E-state index is 13.9. The summed E-state index contributed by atoms with van der Waals surface area (Å²) in [5.74, 6) is -3.76. The summed E-state index contributed by atoms with van der Waals surface area (Å²) in [4.78, 5) is 27.3. The fourth-order valence-electron chi connectivity index (χ4n) is 5.45. The Morgan fingerprint density at radius 3 is 2.15 bits per heavy atom. The van der Waals surface area contributed by atoms with Gasteiger partial charge in [0.2, 0.25) is 10.0 Å². The third-order valence-electron chi connectivity index (χ3n) is 8.62. The van der Waals surface area contributed by atoms with Gasteiger partial charge in [0.25, 0.3) is 11.8 Å². The van der Waals surface area contributed by atoms with Gasteiger partial charge in [-0.05, 0) is 61.2 Å². The molecular weight excluding hydrogens is 715 g/mol. The second kappa shape index (κ2) is 18.9. The van der Waals surface area contributed by atoms with Gasteiger partial charge >= 0.3 is 0 Å². The third-order valence-corrected chi connectivity index (χ3v) is 9.83. The number of hydrogen-bond donors (Lipinski definition) is 3. The van der Waals surface area contributed by atoms with Gasteiger partial charge in [-0.2, -0.15) is 0 Å². The molecule has 0 aliphatic heterocycles. The smallest absolute Gasteiger partial charge is 0.251 e. The van der Waals surface area contributed by atoms with E-state index in [1.807, 2.05) is 25.2 Å². The largest absolute Gasteiger partial charge is 0.491 e. The number of benzene rings is 3. The van der Waals surface area contributed by atoms with Gasteiger partial charge in [-0.3, -0.25) is 13.9 Å². The van der Waals surface area contributed by atoms with Crippen molar-refractivity contribution in [1.29, 1.82) is 0 Å². The number of sulfonamides is 1. The zero-order valence-electron chi connectivity index (χ0n) is 29.9. The van der Waals surface area contributed by atoms with Crippen LogP contribution in [0.2, 0.25) is 0 Å². The van der Waals surface area contributed by atoms with Gasteiger partial charge in [-0.1, -0.05) is 30.4 Å². The molecule has 1 aliphatic carbocycles. The first-order valence-electron chi connectivity index (χ1n) is 16.8. The van der Waals surface area contributed by atoms with Gasteiger partial charge in [0.1, 0.15) is 29.8 Å². The minimum atomic E-state index is -3.82. The SMILES string of the molecule is COC(COCc1ccc(F)cc1)CC(O)[C@H](COc1cc(F)cc(F)c1)NC(=O)c1cc(C(=O)N[C@H](C)C2=CC=CCC2)cc(N(C)S(C)(=O)=O)c1. The van der Waals surface area contributed by atoms with E-state index in [0.29, 0.717) is 11.6 Å². The monoisotopic (exact) mass is 759 g/mol. The van der Waals surface area contributed by atoms with Crippen LogP contribution in [-0.2, 0) is 26.1 Å². The summed E-state index contributed by atoms with van der Waals surface area (Å²) in [5, 5.41) is 16.9. The standard InChI is InChI=1S/C38H44F3N3O8S/c1-24(26-8-6-5-7-9-26)42-37(46)27-14-28(16-32(15-27)44(2)53(4,48)49)38(47)43-35(23-52-33-18-30(40)17-31(41)19-33)36(45)20-34(50-3)22-51-21-25-10-12-29(39)13-11-25/h5-6,8,10-19,24,34-36,45H,7,9,20-23H2,1-4H3,(H,42,46)(H,43,47)/t24-,34?,35+,36?/m1/s1. The highest BCUT2D eigenvalue weighted by Gasteiger charge is 2.28. The van der Waals surface area contributed by atoms with Crippen LogP contribution in [0, 0.1) is 17.5 Å². The number of nitrogens with zero attached hydrogens (tertiary/aromatic N) is 1. The van der Waals surface area contributed by atoms with E-state index in [9.17, 15) is 36.3 Å². The lowest BCUT2D eigenvalue weighted by Gasteiger charge is -2.27. The molecule has 0 heterocycles. The van der Waals surface area contributed by atoms with E-state index in [4.69, 9.17) is 14.2 Å². The fraction of sp³-hybridized carbons (Fsp3) is 0.368. The molecule has 2 amide bonds. The summed E-state index contributed by atoms with van der Waals surface area (Å²) < 4.78 is 83.8. The number of nitrogens with one attached hydrogen (secondary N) is 2. The Hall–Kier alpha value is -4.70. The predicted octanol–water partition coefficient (Wildman–Crippen LogP) is 5.05. The highest BCUT2D eigenvalue weighted by Crippen LogP contribution is 2.23. The van der Waals surface area contributed by atoms with Crippen molar-refractivity contribution in [2.24, 2.45) is 0 Å². The second-order valence-electron chi connectivity index (χ2n) is 12.7. The van der Waals surface area contributed by atoms with Crippen LogP contribution >= 0.6 is 0 Å². The molecule has 3 aromatic rings. The Balaban J connectivity index is 1.57. The zero-order valence-corrected chi connectivity index (χ0v) is 30.7. The molecule has 11 nitrogen and oxygen atoms in total. The number of ether oxygens (including phenoxy) is 3. The average Bonchev–Trinajstić information content (AvgIpc) is 3.12. The number of methoxy groups -OCH3 is 1. The van der Waals surface area contributed by atoms with E-state index < -0.39 is 64.1 Å². The average molecular weight is 760 g/mol. The van der Waals surface area contributed by atoms with Gasteiger partial charge in [0.05, 0.1) is 43.4 Å². The van der Waals surface area contributed by atoms with Crippen LogP contribution in [0.25, 0.3) is 0 Å². The molecule has 3 N–H and O–H groups in total. The number of halogens is 3. The number of carbonyl (C=O) groups excluding carboxylic acids is 2. The maximum absolute atomic E-state index is 13.9. The van der Waals surface area contributed by atoms with Crippen LogP contribution in [0.3, 0.4) is 0 Å². The van der Waals surface area contributed by atoms with Crippen molar-refractivity contribution in [1.82, 2.24) is 10.6 Å². The molecule has 0 aromatic heterocycles. The summed E-state index contributed by atoms with van der Waals surface area (Å²) in [5.41, 5.74) is 1.61. The molecule has 53 heavy (non-hydrogen) atoms. The van der Waals surface area contributed by atoms with Gasteiger partial charge in [-0.25, -0.2) is 21.6 Å². The number of carbonyl (C=O) groups is 2. The zero-order chi connectivity index (χ0) is 38.7. The van der Waals surface area contributed by atoms with Crippen LogP contribution in [-0.4, -0.2) is 83.3 Å². The van der Waals surface area contributed by atoms with E-state index in [1.54, 1.807) is 12.1 Å². The molecule has 0 saturated carbocycles. The van der Waals surface area contributed by atoms with Gasteiger partial charge in [0.15, 0.2) is 0 Å². The Kier molecular flexibility index (Phi) is 14.6. The maximum Gasteiger partial charge on any atom is 0.251 e. The third kappa shape index (κ3) is 12.4. The van der Waals surface area contributed by atoms with Crippen LogP contribution in [0.15, 0.2) is 84.5 Å². The molecule has 15 heteroatoms. The van der Waals surface area contributed by atoms with Crippen LogP contribution < -0.4 is 19.7 Å². The number of aliphatic hydroxyl groups is 1. The molecule has 0 bridgehead atoms. The van der Waals surface area contributed by atoms with Crippen molar-refractivity contribution in [2.45, 2.75) is 57.1 Å². The predicted molar refractivity (Wildman–Crippen MR) is 194 cm³/mol. The lowest BCUT2D eigenvalue weighted by atomic mass is 9.98. The number of rotatable bonds is 18. The lowest BCUT2D eigenvalue weighted by molar-refractivity contribution is -0.0311. The van der Waals surface area contributed by atoms with Crippen molar-refractivity contribution >= 4 is 27.5 Å². The van der Waals surface area contributed by atoms with Crippen LogP contribution in [0.5, 0.6) is 5.75 Å². The first kappa shape index (κ1) is 41.1. The summed E-state index contributed by atoms with van der Waals surface area (Å²) in [6, 6.07) is 10.6. The molecule has 1 aliphatic rings. The van der Waals surface area contributed by atoms with E-state index in [0.717, 1.165) is 41.1 Å². The summed E-state index contributed by atoms with van der Waals surface area (Å²) in [6.07, 6.45) is 6.21. The first-order valence-corrected chi connectivity index (χ1v) is 18.7. The van der Waals surface area contributed by atoms with Crippen molar-refractivity contribution < 1.29 is 50.5 Å². The topological polar surface area (TPSA) is 144 Å². The van der Waals surface area contributed by atoms with E-state index in [2.05, 4.69) is 10.6 Å². The van der Waals surface area contributed by atoms with Gasteiger partial charge < -0.3 is 30.0 Å². The lowest BCUT2D eigenvalue weighted by Crippen LogP contribution is -2.48. The van der Waals surface area contributed by atoms with E-state index >= 15 is 0 Å². The quantitative estimate of drug-likeness (QED) is 0.164. The minimum Gasteiger partial charge on any atom is -0.491 e. The minimum absolute atomic E-state index is 0.00304. The van der Waals surface area contributed by atoms with E-state index in [-0.39, 0.29) is 48.2 Å². The Bertz CT molecular complexity index is 1890. The Morgan fingerprint density at radius 2 is 1.57 bits per heavy atom. The number of allylic oxidation sites excluding steroid dienone is 3. The highest BCUT2D eigenvalue weighted by atomic mass is 32.2. The Morgan fingerprint density at radius 1 is 0.925 bits per heavy atom. The second-order valence-corrected chi connectivity index (χ2v) is 14.7. The van der Waals surface area contributed by atoms with Crippen LogP contribution in [0.1, 0.15) is 52.5 Å². The summed E-state index contributed by atoms with van der Waals surface area (Å²) in [6.45, 7) is 1.50.